The molecule has 2 aromatic carbocycles. The van der Waals surface area contributed by atoms with Crippen LogP contribution in [0.1, 0.15) is 31.7 Å². The van der Waals surface area contributed by atoms with Crippen LogP contribution in [0.4, 0.5) is 0 Å². The van der Waals surface area contributed by atoms with E-state index in [4.69, 9.17) is 4.55 Å². The Kier molecular flexibility index (Phi) is 7.85. The predicted molar refractivity (Wildman–Crippen MR) is 92.6 cm³/mol. The van der Waals surface area contributed by atoms with Crippen molar-refractivity contribution >= 4 is 10.1 Å². The summed E-state index contributed by atoms with van der Waals surface area (Å²) in [4.78, 5) is 0. The van der Waals surface area contributed by atoms with Crippen molar-refractivity contribution in [3.63, 3.8) is 0 Å². The Hall–Kier alpha value is -1.65. The third kappa shape index (κ3) is 7.96. The van der Waals surface area contributed by atoms with E-state index in [1.54, 1.807) is 0 Å². The number of rotatable bonds is 5. The Morgan fingerprint density at radius 2 is 1.45 bits per heavy atom. The first-order valence-corrected chi connectivity index (χ1v) is 9.32. The molecule has 0 spiro atoms. The van der Waals surface area contributed by atoms with Crippen LogP contribution in [0.3, 0.4) is 0 Å². The van der Waals surface area contributed by atoms with Crippen LogP contribution >= 0.6 is 0 Å². The molecule has 0 amide bonds. The lowest BCUT2D eigenvalue weighted by atomic mass is 9.96. The van der Waals surface area contributed by atoms with E-state index < -0.39 is 10.1 Å². The van der Waals surface area contributed by atoms with Crippen molar-refractivity contribution in [2.45, 2.75) is 32.6 Å². The van der Waals surface area contributed by atoms with Gasteiger partial charge in [0.15, 0.2) is 0 Å². The second-order valence-electron chi connectivity index (χ2n) is 5.21. The van der Waals surface area contributed by atoms with E-state index in [-0.39, 0.29) is 0 Å². The molecule has 0 aliphatic carbocycles. The molecule has 0 unspecified atom stereocenters. The number of hydrogen-bond acceptors (Lipinski definition) is 2. The lowest BCUT2D eigenvalue weighted by molar-refractivity contribution is 0.490. The zero-order valence-electron chi connectivity index (χ0n) is 13.2. The summed E-state index contributed by atoms with van der Waals surface area (Å²) in [6, 6.07) is 19.4. The highest BCUT2D eigenvalue weighted by atomic mass is 32.2. The third-order valence-corrected chi connectivity index (χ3v) is 3.15. The molecule has 2 rings (SSSR count). The maximum atomic E-state index is 9.19. The molecule has 0 saturated carbocycles. The summed E-state index contributed by atoms with van der Waals surface area (Å²) >= 11 is 0. The summed E-state index contributed by atoms with van der Waals surface area (Å²) in [6.45, 7) is 2.25. The number of unbranched alkanes of at least 4 members (excludes halogenated alkanes) is 2. The van der Waals surface area contributed by atoms with Crippen LogP contribution in [-0.4, -0.2) is 19.2 Å². The van der Waals surface area contributed by atoms with E-state index in [0.717, 1.165) is 0 Å². The molecular formula is C18H24O3S. The van der Waals surface area contributed by atoms with Crippen LogP contribution in [0.25, 0.3) is 11.1 Å². The van der Waals surface area contributed by atoms with Gasteiger partial charge in [0.25, 0.3) is 10.1 Å². The second-order valence-corrected chi connectivity index (χ2v) is 6.68. The van der Waals surface area contributed by atoms with E-state index in [1.165, 1.54) is 42.4 Å². The Labute approximate surface area is 133 Å². The van der Waals surface area contributed by atoms with Crippen molar-refractivity contribution in [2.75, 3.05) is 6.26 Å². The fraction of sp³-hybridized carbons (Fsp3) is 0.333. The molecule has 0 fully saturated rings. The van der Waals surface area contributed by atoms with Crippen LogP contribution in [0.15, 0.2) is 54.6 Å². The average molecular weight is 320 g/mol. The topological polar surface area (TPSA) is 54.4 Å². The molecule has 0 saturated heterocycles. The number of aryl methyl sites for hydroxylation is 1. The molecule has 120 valence electrons. The van der Waals surface area contributed by atoms with Crippen molar-refractivity contribution in [2.24, 2.45) is 0 Å². The maximum Gasteiger partial charge on any atom is 0.261 e. The van der Waals surface area contributed by atoms with Crippen molar-refractivity contribution in [3.05, 3.63) is 60.2 Å². The molecule has 0 aliphatic heterocycles. The largest absolute Gasteiger partial charge is 0.286 e. The Morgan fingerprint density at radius 1 is 0.909 bits per heavy atom. The van der Waals surface area contributed by atoms with Crippen molar-refractivity contribution < 1.29 is 13.0 Å². The van der Waals surface area contributed by atoms with Crippen LogP contribution in [0.5, 0.6) is 0 Å². The van der Waals surface area contributed by atoms with Crippen molar-refractivity contribution in [1.29, 1.82) is 0 Å². The van der Waals surface area contributed by atoms with Crippen LogP contribution < -0.4 is 0 Å². The predicted octanol–water partition coefficient (Wildman–Crippen LogP) is 4.59. The van der Waals surface area contributed by atoms with Gasteiger partial charge in [-0.3, -0.25) is 4.55 Å². The van der Waals surface area contributed by atoms with Gasteiger partial charge in [0.1, 0.15) is 0 Å². The lowest BCUT2D eigenvalue weighted by Gasteiger charge is -2.09. The van der Waals surface area contributed by atoms with Gasteiger partial charge in [0.2, 0.25) is 0 Å². The summed E-state index contributed by atoms with van der Waals surface area (Å²) in [5, 5.41) is 0. The number of benzene rings is 2. The first kappa shape index (κ1) is 18.4. The second kappa shape index (κ2) is 9.38. The van der Waals surface area contributed by atoms with Gasteiger partial charge in [-0.05, 0) is 29.5 Å². The summed E-state index contributed by atoms with van der Waals surface area (Å²) < 4.78 is 25.9. The lowest BCUT2D eigenvalue weighted by Crippen LogP contribution is -1.90. The monoisotopic (exact) mass is 320 g/mol. The molecule has 0 aromatic heterocycles. The van der Waals surface area contributed by atoms with Gasteiger partial charge in [-0.15, -0.1) is 0 Å². The SMILES string of the molecule is CCCCCc1ccccc1-c1ccccc1.CS(=O)(=O)O. The minimum absolute atomic E-state index is 0.715. The van der Waals surface area contributed by atoms with Gasteiger partial charge >= 0.3 is 0 Å². The normalized spacial score (nSPS) is 10.7. The first-order valence-electron chi connectivity index (χ1n) is 7.47. The van der Waals surface area contributed by atoms with Gasteiger partial charge in [0.05, 0.1) is 6.26 Å². The zero-order chi connectivity index (χ0) is 16.4. The third-order valence-electron chi connectivity index (χ3n) is 3.15. The average Bonchev–Trinajstić information content (AvgIpc) is 2.47. The van der Waals surface area contributed by atoms with Crippen LogP contribution in [-0.2, 0) is 16.5 Å². The highest BCUT2D eigenvalue weighted by Crippen LogP contribution is 2.24. The van der Waals surface area contributed by atoms with E-state index in [0.29, 0.717) is 6.26 Å². The minimum Gasteiger partial charge on any atom is -0.286 e. The smallest absolute Gasteiger partial charge is 0.261 e. The Bertz CT molecular complexity index is 641. The molecule has 22 heavy (non-hydrogen) atoms. The molecule has 0 aliphatic rings. The first-order chi connectivity index (χ1) is 10.4. The Morgan fingerprint density at radius 3 is 2.05 bits per heavy atom. The molecule has 0 bridgehead atoms. The summed E-state index contributed by atoms with van der Waals surface area (Å²) in [5.74, 6) is 0. The van der Waals surface area contributed by atoms with E-state index in [2.05, 4.69) is 61.5 Å². The van der Waals surface area contributed by atoms with Crippen LogP contribution in [0, 0.1) is 0 Å². The van der Waals surface area contributed by atoms with Crippen molar-refractivity contribution in [1.82, 2.24) is 0 Å². The fourth-order valence-corrected chi connectivity index (χ4v) is 2.20. The van der Waals surface area contributed by atoms with Crippen LogP contribution in [0.2, 0.25) is 0 Å². The van der Waals surface area contributed by atoms with Gasteiger partial charge in [0, 0.05) is 0 Å². The summed E-state index contributed by atoms with van der Waals surface area (Å²) in [5.41, 5.74) is 4.20. The molecule has 0 heterocycles. The summed E-state index contributed by atoms with van der Waals surface area (Å²) in [7, 11) is -3.67. The molecule has 3 nitrogen and oxygen atoms in total. The molecule has 1 N–H and O–H groups in total. The zero-order valence-corrected chi connectivity index (χ0v) is 14.0. The molecular weight excluding hydrogens is 296 g/mol. The highest BCUT2D eigenvalue weighted by molar-refractivity contribution is 7.85. The highest BCUT2D eigenvalue weighted by Gasteiger charge is 2.03. The molecule has 0 radical (unpaired) electrons. The van der Waals surface area contributed by atoms with Gasteiger partial charge in [-0.2, -0.15) is 8.42 Å². The maximum absolute atomic E-state index is 9.19. The molecule has 2 aromatic rings. The van der Waals surface area contributed by atoms with E-state index in [1.807, 2.05) is 0 Å². The Balaban J connectivity index is 0.000000422. The van der Waals surface area contributed by atoms with Gasteiger partial charge in [-0.25, -0.2) is 0 Å². The van der Waals surface area contributed by atoms with Gasteiger partial charge < -0.3 is 0 Å². The van der Waals surface area contributed by atoms with Crippen molar-refractivity contribution in [3.8, 4) is 11.1 Å². The number of hydrogen-bond donors (Lipinski definition) is 1. The fourth-order valence-electron chi connectivity index (χ4n) is 2.20. The quantitative estimate of drug-likeness (QED) is 0.647. The minimum atomic E-state index is -3.67. The standard InChI is InChI=1S/C17H20.CH4O3S/c1-2-3-5-10-15-13-8-9-14-17(15)16-11-6-4-7-12-16;1-5(2,3)4/h4,6-9,11-14H,2-3,5,10H2,1H3;1H3,(H,2,3,4). The molecule has 4 heteroatoms. The van der Waals surface area contributed by atoms with Gasteiger partial charge in [-0.1, -0.05) is 74.4 Å². The van der Waals surface area contributed by atoms with E-state index >= 15 is 0 Å². The van der Waals surface area contributed by atoms with E-state index in [9.17, 15) is 8.42 Å². The summed E-state index contributed by atoms with van der Waals surface area (Å²) in [6.07, 6.45) is 5.81. The molecule has 0 atom stereocenters.